The zero-order valence-corrected chi connectivity index (χ0v) is 13.7. The lowest BCUT2D eigenvalue weighted by Crippen LogP contribution is -2.38. The van der Waals surface area contributed by atoms with Gasteiger partial charge in [-0.25, -0.2) is 4.79 Å². The van der Waals surface area contributed by atoms with Crippen molar-refractivity contribution in [2.45, 2.75) is 32.8 Å². The second-order valence-electron chi connectivity index (χ2n) is 6.05. The highest BCUT2D eigenvalue weighted by Crippen LogP contribution is 2.16. The van der Waals surface area contributed by atoms with E-state index < -0.39 is 12.1 Å². The zero-order valence-electron chi connectivity index (χ0n) is 13.7. The number of ether oxygens (including phenoxy) is 1. The molecule has 0 radical (unpaired) electrons. The molecule has 1 aliphatic heterocycles. The summed E-state index contributed by atoms with van der Waals surface area (Å²) in [5.41, 5.74) is 0.930. The summed E-state index contributed by atoms with van der Waals surface area (Å²) in [5.74, 6) is -1.23. The first-order chi connectivity index (χ1) is 11.5. The van der Waals surface area contributed by atoms with E-state index in [9.17, 15) is 14.4 Å². The average Bonchev–Trinajstić information content (AvgIpc) is 3.08. The summed E-state index contributed by atoms with van der Waals surface area (Å²) in [5, 5.41) is 0.410. The smallest absolute Gasteiger partial charge is 0.375 e. The molecule has 0 spiro atoms. The first kappa shape index (κ1) is 16.2. The van der Waals surface area contributed by atoms with E-state index in [0.717, 1.165) is 24.5 Å². The van der Waals surface area contributed by atoms with Crippen LogP contribution >= 0.6 is 0 Å². The number of carbonyl (C=O) groups is 2. The Morgan fingerprint density at radius 3 is 2.62 bits per heavy atom. The highest BCUT2D eigenvalue weighted by molar-refractivity contribution is 5.91. The second kappa shape index (κ2) is 6.47. The Morgan fingerprint density at radius 1 is 1.21 bits per heavy atom. The first-order valence-electron chi connectivity index (χ1n) is 8.00. The molecular weight excluding hydrogens is 310 g/mol. The lowest BCUT2D eigenvalue weighted by Gasteiger charge is -2.20. The molecule has 2 aromatic rings. The quantitative estimate of drug-likeness (QED) is 0.807. The molecule has 1 amide bonds. The van der Waals surface area contributed by atoms with E-state index >= 15 is 0 Å². The fraction of sp³-hybridized carbons (Fsp3) is 0.389. The maximum atomic E-state index is 12.2. The van der Waals surface area contributed by atoms with E-state index in [0.29, 0.717) is 24.1 Å². The van der Waals surface area contributed by atoms with Crippen LogP contribution in [0.5, 0.6) is 0 Å². The van der Waals surface area contributed by atoms with Gasteiger partial charge in [-0.3, -0.25) is 9.59 Å². The topological polar surface area (TPSA) is 76.8 Å². The number of rotatable bonds is 3. The predicted octanol–water partition coefficient (Wildman–Crippen LogP) is 2.27. The van der Waals surface area contributed by atoms with Crippen molar-refractivity contribution in [2.75, 3.05) is 13.1 Å². The zero-order chi connectivity index (χ0) is 17.3. The van der Waals surface area contributed by atoms with Crippen LogP contribution in [0.4, 0.5) is 0 Å². The minimum Gasteiger partial charge on any atom is -0.449 e. The van der Waals surface area contributed by atoms with Crippen LogP contribution in [0.25, 0.3) is 11.0 Å². The molecule has 24 heavy (non-hydrogen) atoms. The molecule has 0 N–H and O–H groups in total. The Morgan fingerprint density at radius 2 is 1.92 bits per heavy atom. The third-order valence-corrected chi connectivity index (χ3v) is 4.13. The van der Waals surface area contributed by atoms with Crippen LogP contribution in [0.15, 0.2) is 33.5 Å². The van der Waals surface area contributed by atoms with E-state index in [1.54, 1.807) is 23.1 Å². The number of benzene rings is 1. The number of nitrogens with zero attached hydrogens (tertiary/aromatic N) is 1. The molecular formula is C18H19NO5. The minimum absolute atomic E-state index is 0.197. The third kappa shape index (κ3) is 3.18. The van der Waals surface area contributed by atoms with Crippen LogP contribution in [-0.2, 0) is 9.53 Å². The van der Waals surface area contributed by atoms with Crippen molar-refractivity contribution >= 4 is 22.8 Å². The number of carbonyl (C=O) groups excluding carboxylic acids is 2. The SMILES string of the molecule is Cc1ccc2oc(C(=O)O[C@@H](C)C(=O)N3CCCC3)cc(=O)c2c1. The van der Waals surface area contributed by atoms with E-state index in [1.165, 1.54) is 6.92 Å². The molecule has 2 heterocycles. The number of fused-ring (bicyclic) bond motifs is 1. The van der Waals surface area contributed by atoms with Crippen molar-refractivity contribution in [1.29, 1.82) is 0 Å². The van der Waals surface area contributed by atoms with Gasteiger partial charge in [0.1, 0.15) is 5.58 Å². The van der Waals surface area contributed by atoms with Gasteiger partial charge >= 0.3 is 5.97 Å². The van der Waals surface area contributed by atoms with Gasteiger partial charge in [-0.05, 0) is 38.8 Å². The summed E-state index contributed by atoms with van der Waals surface area (Å²) in [6, 6.07) is 6.24. The molecule has 1 aromatic carbocycles. The van der Waals surface area contributed by atoms with Crippen LogP contribution in [0.1, 0.15) is 35.9 Å². The van der Waals surface area contributed by atoms with Crippen LogP contribution in [0.3, 0.4) is 0 Å². The number of aryl methyl sites for hydroxylation is 1. The maximum absolute atomic E-state index is 12.2. The van der Waals surface area contributed by atoms with Gasteiger partial charge in [0.2, 0.25) is 5.76 Å². The van der Waals surface area contributed by atoms with Crippen LogP contribution in [0.2, 0.25) is 0 Å². The molecule has 126 valence electrons. The number of hydrogen-bond donors (Lipinski definition) is 0. The summed E-state index contributed by atoms with van der Waals surface area (Å²) in [6.07, 6.45) is 1.02. The Bertz CT molecular complexity index is 848. The highest BCUT2D eigenvalue weighted by Gasteiger charge is 2.27. The van der Waals surface area contributed by atoms with Gasteiger partial charge in [0, 0.05) is 19.2 Å². The number of amides is 1. The fourth-order valence-corrected chi connectivity index (χ4v) is 2.83. The molecule has 0 unspecified atom stereocenters. The number of esters is 1. The molecule has 0 saturated carbocycles. The second-order valence-corrected chi connectivity index (χ2v) is 6.05. The van der Waals surface area contributed by atoms with E-state index in [-0.39, 0.29) is 17.1 Å². The van der Waals surface area contributed by atoms with Crippen molar-refractivity contribution in [3.05, 3.63) is 45.8 Å². The summed E-state index contributed by atoms with van der Waals surface area (Å²) < 4.78 is 10.6. The monoisotopic (exact) mass is 329 g/mol. The van der Waals surface area contributed by atoms with Crippen molar-refractivity contribution in [1.82, 2.24) is 4.90 Å². The van der Waals surface area contributed by atoms with Gasteiger partial charge in [0.15, 0.2) is 11.5 Å². The lowest BCUT2D eigenvalue weighted by atomic mass is 10.1. The Hall–Kier alpha value is -2.63. The van der Waals surface area contributed by atoms with Gasteiger partial charge in [0.25, 0.3) is 5.91 Å². The maximum Gasteiger partial charge on any atom is 0.375 e. The molecule has 0 bridgehead atoms. The van der Waals surface area contributed by atoms with Crippen molar-refractivity contribution in [3.63, 3.8) is 0 Å². The van der Waals surface area contributed by atoms with Gasteiger partial charge in [-0.15, -0.1) is 0 Å². The number of likely N-dealkylation sites (tertiary alicyclic amines) is 1. The van der Waals surface area contributed by atoms with Crippen LogP contribution in [0, 0.1) is 6.92 Å². The van der Waals surface area contributed by atoms with Gasteiger partial charge < -0.3 is 14.1 Å². The van der Waals surface area contributed by atoms with Crippen molar-refractivity contribution in [2.24, 2.45) is 0 Å². The summed E-state index contributed by atoms with van der Waals surface area (Å²) in [4.78, 5) is 38.2. The minimum atomic E-state index is -0.908. The third-order valence-electron chi connectivity index (χ3n) is 4.13. The first-order valence-corrected chi connectivity index (χ1v) is 8.00. The normalized spacial score (nSPS) is 15.5. The van der Waals surface area contributed by atoms with Crippen molar-refractivity contribution < 1.29 is 18.7 Å². The van der Waals surface area contributed by atoms with Crippen LogP contribution < -0.4 is 5.43 Å². The molecule has 6 heteroatoms. The van der Waals surface area contributed by atoms with Gasteiger partial charge in [-0.2, -0.15) is 0 Å². The molecule has 1 fully saturated rings. The Kier molecular flexibility index (Phi) is 4.38. The van der Waals surface area contributed by atoms with E-state index in [4.69, 9.17) is 9.15 Å². The summed E-state index contributed by atoms with van der Waals surface area (Å²) in [7, 11) is 0. The molecule has 1 aromatic heterocycles. The number of hydrogen-bond acceptors (Lipinski definition) is 5. The van der Waals surface area contributed by atoms with Crippen LogP contribution in [-0.4, -0.2) is 36.0 Å². The predicted molar refractivity (Wildman–Crippen MR) is 87.9 cm³/mol. The van der Waals surface area contributed by atoms with E-state index in [1.807, 2.05) is 6.92 Å². The van der Waals surface area contributed by atoms with Gasteiger partial charge in [0.05, 0.1) is 5.39 Å². The highest BCUT2D eigenvalue weighted by atomic mass is 16.6. The molecule has 3 rings (SSSR count). The van der Waals surface area contributed by atoms with E-state index in [2.05, 4.69) is 0 Å². The molecule has 1 saturated heterocycles. The molecule has 1 atom stereocenters. The summed E-state index contributed by atoms with van der Waals surface area (Å²) in [6.45, 7) is 4.77. The fourth-order valence-electron chi connectivity index (χ4n) is 2.83. The summed E-state index contributed by atoms with van der Waals surface area (Å²) >= 11 is 0. The van der Waals surface area contributed by atoms with Crippen molar-refractivity contribution in [3.8, 4) is 0 Å². The van der Waals surface area contributed by atoms with Gasteiger partial charge in [-0.1, -0.05) is 11.6 Å². The molecule has 1 aliphatic rings. The molecule has 6 nitrogen and oxygen atoms in total. The lowest BCUT2D eigenvalue weighted by molar-refractivity contribution is -0.138. The largest absolute Gasteiger partial charge is 0.449 e. The standard InChI is InChI=1S/C18H19NO5/c1-11-5-6-15-13(9-11)14(20)10-16(24-15)18(22)23-12(2)17(21)19-7-3-4-8-19/h5-6,9-10,12H,3-4,7-8H2,1-2H3/t12-/m0/s1. The Balaban J connectivity index is 1.79. The molecule has 0 aliphatic carbocycles. The Labute approximate surface area is 139 Å². The average molecular weight is 329 g/mol.